The van der Waals surface area contributed by atoms with Crippen molar-refractivity contribution in [3.05, 3.63) is 67.8 Å². The number of hydrogen-bond acceptors (Lipinski definition) is 2. The van der Waals surface area contributed by atoms with E-state index in [-0.39, 0.29) is 18.1 Å². The van der Waals surface area contributed by atoms with Gasteiger partial charge in [0.1, 0.15) is 0 Å². The molecule has 4 heteroatoms. The number of allylic oxidation sites excluding steroid dienone is 1. The smallest absolute Gasteiger partial charge is 0.315 e. The lowest BCUT2D eigenvalue weighted by atomic mass is 10.1. The number of urea groups is 1. The number of nitrogens with two attached hydrogens (primary N) is 1. The van der Waals surface area contributed by atoms with Crippen LogP contribution in [-0.2, 0) is 6.42 Å². The van der Waals surface area contributed by atoms with Crippen molar-refractivity contribution in [2.75, 3.05) is 5.73 Å². The summed E-state index contributed by atoms with van der Waals surface area (Å²) in [4.78, 5) is 12.0. The molecule has 0 aliphatic carbocycles. The van der Waals surface area contributed by atoms with Gasteiger partial charge in [-0.05, 0) is 37.0 Å². The third-order valence-electron chi connectivity index (χ3n) is 3.32. The Bertz CT molecular complexity index is 508. The maximum absolute atomic E-state index is 12.0. The van der Waals surface area contributed by atoms with Crippen LogP contribution in [0.25, 0.3) is 0 Å². The van der Waals surface area contributed by atoms with Crippen LogP contribution in [0.3, 0.4) is 0 Å². The zero-order valence-electron chi connectivity index (χ0n) is 12.9. The van der Waals surface area contributed by atoms with Crippen molar-refractivity contribution in [1.82, 2.24) is 10.6 Å². The highest BCUT2D eigenvalue weighted by atomic mass is 16.2. The number of nitrogens with one attached hydrogen (secondary N) is 2. The van der Waals surface area contributed by atoms with Crippen LogP contribution in [-0.4, -0.2) is 18.1 Å². The maximum Gasteiger partial charge on any atom is 0.315 e. The molecule has 0 fully saturated rings. The summed E-state index contributed by atoms with van der Waals surface area (Å²) >= 11 is 0. The Balaban J connectivity index is 2.52. The third kappa shape index (κ3) is 6.31. The number of nitrogen functional groups attached to an aromatic ring is 1. The fourth-order valence-corrected chi connectivity index (χ4v) is 2.03. The number of anilines is 1. The van der Waals surface area contributed by atoms with E-state index >= 15 is 0 Å². The maximum atomic E-state index is 12.0. The summed E-state index contributed by atoms with van der Waals surface area (Å²) in [7, 11) is 0. The van der Waals surface area contributed by atoms with Crippen LogP contribution in [0.5, 0.6) is 0 Å². The van der Waals surface area contributed by atoms with E-state index in [1.165, 1.54) is 0 Å². The Morgan fingerprint density at radius 1 is 1.09 bits per heavy atom. The van der Waals surface area contributed by atoms with Crippen LogP contribution in [0.1, 0.15) is 18.4 Å². The van der Waals surface area contributed by atoms with Crippen molar-refractivity contribution >= 4 is 11.7 Å². The predicted octanol–water partition coefficient (Wildman–Crippen LogP) is 3.19. The number of rotatable bonds is 9. The van der Waals surface area contributed by atoms with E-state index in [1.54, 1.807) is 12.2 Å². The molecule has 0 heterocycles. The first-order chi connectivity index (χ1) is 10.6. The van der Waals surface area contributed by atoms with Crippen LogP contribution in [0.15, 0.2) is 62.2 Å². The lowest BCUT2D eigenvalue weighted by Crippen LogP contribution is -2.45. The Kier molecular flexibility index (Phi) is 7.54. The van der Waals surface area contributed by atoms with Crippen molar-refractivity contribution in [2.24, 2.45) is 0 Å². The van der Waals surface area contributed by atoms with Crippen LogP contribution in [0, 0.1) is 0 Å². The van der Waals surface area contributed by atoms with Crippen LogP contribution < -0.4 is 16.4 Å². The molecular formula is C18H25N3O. The number of hydrogen-bond donors (Lipinski definition) is 3. The van der Waals surface area contributed by atoms with Crippen LogP contribution in [0.2, 0.25) is 0 Å². The van der Waals surface area contributed by atoms with E-state index in [9.17, 15) is 4.79 Å². The van der Waals surface area contributed by atoms with E-state index in [2.05, 4.69) is 30.4 Å². The molecule has 1 rings (SSSR count). The summed E-state index contributed by atoms with van der Waals surface area (Å²) in [5.41, 5.74) is 7.48. The largest absolute Gasteiger partial charge is 0.399 e. The molecule has 0 aliphatic heterocycles. The van der Waals surface area contributed by atoms with Gasteiger partial charge in [0, 0.05) is 11.7 Å². The van der Waals surface area contributed by atoms with Crippen molar-refractivity contribution in [1.29, 1.82) is 0 Å². The van der Waals surface area contributed by atoms with Gasteiger partial charge in [-0.2, -0.15) is 0 Å². The zero-order chi connectivity index (χ0) is 16.4. The molecule has 118 valence electrons. The average Bonchev–Trinajstić information content (AvgIpc) is 2.52. The highest BCUT2D eigenvalue weighted by molar-refractivity contribution is 5.75. The molecule has 2 amide bonds. The SMILES string of the molecule is C=CCCC(C=C)NC(=O)NC(C=C)Cc1ccc(N)cc1. The fourth-order valence-electron chi connectivity index (χ4n) is 2.03. The second-order valence-corrected chi connectivity index (χ2v) is 5.11. The average molecular weight is 299 g/mol. The summed E-state index contributed by atoms with van der Waals surface area (Å²) < 4.78 is 0. The van der Waals surface area contributed by atoms with Crippen molar-refractivity contribution in [3.63, 3.8) is 0 Å². The fraction of sp³-hybridized carbons (Fsp3) is 0.278. The Hall–Kier alpha value is -2.49. The second kappa shape index (κ2) is 9.45. The van der Waals surface area contributed by atoms with Crippen molar-refractivity contribution < 1.29 is 4.79 Å². The van der Waals surface area contributed by atoms with Gasteiger partial charge < -0.3 is 16.4 Å². The lowest BCUT2D eigenvalue weighted by Gasteiger charge is -2.19. The third-order valence-corrected chi connectivity index (χ3v) is 3.32. The van der Waals surface area contributed by atoms with Gasteiger partial charge in [-0.25, -0.2) is 4.79 Å². The van der Waals surface area contributed by atoms with Gasteiger partial charge >= 0.3 is 6.03 Å². The molecule has 1 aromatic rings. The number of carbonyl (C=O) groups is 1. The molecular weight excluding hydrogens is 274 g/mol. The van der Waals surface area contributed by atoms with E-state index < -0.39 is 0 Å². The number of benzene rings is 1. The minimum Gasteiger partial charge on any atom is -0.399 e. The van der Waals surface area contributed by atoms with E-state index in [0.717, 1.165) is 24.1 Å². The van der Waals surface area contributed by atoms with Crippen molar-refractivity contribution in [2.45, 2.75) is 31.3 Å². The molecule has 0 saturated carbocycles. The van der Waals surface area contributed by atoms with E-state index in [0.29, 0.717) is 6.42 Å². The molecule has 4 N–H and O–H groups in total. The summed E-state index contributed by atoms with van der Waals surface area (Å²) in [6, 6.07) is 7.14. The first-order valence-electron chi connectivity index (χ1n) is 7.36. The highest BCUT2D eigenvalue weighted by Crippen LogP contribution is 2.08. The van der Waals surface area contributed by atoms with Gasteiger partial charge in [0.15, 0.2) is 0 Å². The molecule has 4 nitrogen and oxygen atoms in total. The molecule has 22 heavy (non-hydrogen) atoms. The Morgan fingerprint density at radius 3 is 2.23 bits per heavy atom. The van der Waals surface area contributed by atoms with E-state index in [1.807, 2.05) is 30.3 Å². The van der Waals surface area contributed by atoms with E-state index in [4.69, 9.17) is 5.73 Å². The molecule has 0 aliphatic rings. The summed E-state index contributed by atoms with van der Waals surface area (Å²) in [5.74, 6) is 0. The minimum atomic E-state index is -0.227. The van der Waals surface area contributed by atoms with Crippen molar-refractivity contribution in [3.8, 4) is 0 Å². The molecule has 1 aromatic carbocycles. The summed E-state index contributed by atoms with van der Waals surface area (Å²) in [6.45, 7) is 11.2. The minimum absolute atomic E-state index is 0.0695. The van der Waals surface area contributed by atoms with Gasteiger partial charge in [-0.1, -0.05) is 30.4 Å². The lowest BCUT2D eigenvalue weighted by molar-refractivity contribution is 0.236. The van der Waals surface area contributed by atoms with Crippen LogP contribution in [0.4, 0.5) is 10.5 Å². The Morgan fingerprint density at radius 2 is 1.68 bits per heavy atom. The number of amides is 2. The first-order valence-corrected chi connectivity index (χ1v) is 7.36. The molecule has 2 unspecified atom stereocenters. The summed E-state index contributed by atoms with van der Waals surface area (Å²) in [6.07, 6.45) is 7.56. The molecule has 0 saturated heterocycles. The topological polar surface area (TPSA) is 67.2 Å². The molecule has 2 atom stereocenters. The number of carbonyl (C=O) groups excluding carboxylic acids is 1. The van der Waals surface area contributed by atoms with Gasteiger partial charge in [0.25, 0.3) is 0 Å². The zero-order valence-corrected chi connectivity index (χ0v) is 12.9. The highest BCUT2D eigenvalue weighted by Gasteiger charge is 2.12. The predicted molar refractivity (Wildman–Crippen MR) is 93.6 cm³/mol. The molecule has 0 radical (unpaired) electrons. The Labute approximate surface area is 132 Å². The van der Waals surface area contributed by atoms with Gasteiger partial charge in [0.05, 0.1) is 6.04 Å². The molecule has 0 aromatic heterocycles. The molecule has 0 bridgehead atoms. The van der Waals surface area contributed by atoms with Gasteiger partial charge in [0.2, 0.25) is 0 Å². The van der Waals surface area contributed by atoms with Crippen LogP contribution >= 0.6 is 0 Å². The standard InChI is InChI=1S/C18H25N3O/c1-4-7-8-16(5-2)20-18(22)21-17(6-3)13-14-9-11-15(19)12-10-14/h4-6,9-12,16-17H,1-3,7-8,13,19H2,(H2,20,21,22). The normalized spacial score (nSPS) is 12.7. The molecule has 0 spiro atoms. The van der Waals surface area contributed by atoms with Gasteiger partial charge in [-0.15, -0.1) is 19.7 Å². The summed E-state index contributed by atoms with van der Waals surface area (Å²) in [5, 5.41) is 5.78. The van der Waals surface area contributed by atoms with Gasteiger partial charge in [-0.3, -0.25) is 0 Å². The second-order valence-electron chi connectivity index (χ2n) is 5.11. The quantitative estimate of drug-likeness (QED) is 0.484. The first kappa shape index (κ1) is 17.6. The monoisotopic (exact) mass is 299 g/mol.